The maximum Gasteiger partial charge on any atom is 0.232 e. The Bertz CT molecular complexity index is 744. The molecule has 0 spiro atoms. The Labute approximate surface area is 181 Å². The smallest absolute Gasteiger partial charge is 0.232 e. The highest BCUT2D eigenvalue weighted by molar-refractivity contribution is 5.96. The number of anilines is 1. The first-order valence-electron chi connectivity index (χ1n) is 10.2. The molecule has 0 aromatic heterocycles. The van der Waals surface area contributed by atoms with E-state index in [1.165, 1.54) is 0 Å². The summed E-state index contributed by atoms with van der Waals surface area (Å²) in [5.74, 6) is 0.132. The minimum Gasteiger partial charge on any atom is -0.382 e. The number of rotatable bonds is 7. The van der Waals surface area contributed by atoms with Gasteiger partial charge in [-0.25, -0.2) is 0 Å². The number of likely N-dealkylation sites (tertiary alicyclic amines) is 1. The highest BCUT2D eigenvalue weighted by atomic mass is 35.5. The molecule has 0 bridgehead atoms. The third-order valence-electron chi connectivity index (χ3n) is 5.81. The van der Waals surface area contributed by atoms with Crippen molar-refractivity contribution in [2.24, 2.45) is 0 Å². The van der Waals surface area contributed by atoms with Gasteiger partial charge in [-0.2, -0.15) is 0 Å². The maximum atomic E-state index is 13.6. The van der Waals surface area contributed by atoms with Gasteiger partial charge in [-0.15, -0.1) is 12.4 Å². The van der Waals surface area contributed by atoms with Crippen molar-refractivity contribution in [1.29, 1.82) is 0 Å². The van der Waals surface area contributed by atoms with Crippen molar-refractivity contribution in [1.82, 2.24) is 4.90 Å². The van der Waals surface area contributed by atoms with Crippen molar-refractivity contribution in [2.45, 2.75) is 44.7 Å². The Morgan fingerprint density at radius 1 is 1.03 bits per heavy atom. The standard InChI is InChI=1S/C24H32N2O2.ClH/c1-20(2)25-16-14-24(15-17-25,19-28-3)26(22-12-8-5-9-13-22)23(27)18-21-10-6-4-7-11-21;/h4-13,20H,14-19H2,1-3H3;1H. The number of halogens is 1. The molecule has 0 N–H and O–H groups in total. The van der Waals surface area contributed by atoms with Crippen molar-refractivity contribution < 1.29 is 9.53 Å². The van der Waals surface area contributed by atoms with E-state index in [9.17, 15) is 4.79 Å². The average molecular weight is 417 g/mol. The molecule has 0 unspecified atom stereocenters. The molecule has 3 rings (SSSR count). The molecule has 1 amide bonds. The number of piperidine rings is 1. The molecule has 29 heavy (non-hydrogen) atoms. The number of nitrogens with zero attached hydrogens (tertiary/aromatic N) is 2. The number of methoxy groups -OCH3 is 1. The molecule has 2 aromatic rings. The first-order chi connectivity index (χ1) is 13.6. The van der Waals surface area contributed by atoms with Gasteiger partial charge in [-0.05, 0) is 44.4 Å². The summed E-state index contributed by atoms with van der Waals surface area (Å²) >= 11 is 0. The molecule has 5 heteroatoms. The Hall–Kier alpha value is -1.88. The lowest BCUT2D eigenvalue weighted by atomic mass is 9.84. The molecule has 1 aliphatic rings. The van der Waals surface area contributed by atoms with E-state index < -0.39 is 0 Å². The summed E-state index contributed by atoms with van der Waals surface area (Å²) in [5.41, 5.74) is 1.69. The first-order valence-corrected chi connectivity index (χ1v) is 10.2. The zero-order valence-electron chi connectivity index (χ0n) is 17.7. The molecule has 0 radical (unpaired) electrons. The van der Waals surface area contributed by atoms with Crippen LogP contribution in [0.1, 0.15) is 32.3 Å². The average Bonchev–Trinajstić information content (AvgIpc) is 2.70. The maximum absolute atomic E-state index is 13.6. The molecular formula is C24H33ClN2O2. The Morgan fingerprint density at radius 3 is 2.10 bits per heavy atom. The van der Waals surface area contributed by atoms with Gasteiger partial charge in [0.05, 0.1) is 18.6 Å². The van der Waals surface area contributed by atoms with Crippen LogP contribution in [0.5, 0.6) is 0 Å². The van der Waals surface area contributed by atoms with E-state index in [0.29, 0.717) is 19.1 Å². The summed E-state index contributed by atoms with van der Waals surface area (Å²) in [4.78, 5) is 18.1. The topological polar surface area (TPSA) is 32.8 Å². The number of carbonyl (C=O) groups excluding carboxylic acids is 1. The monoisotopic (exact) mass is 416 g/mol. The van der Waals surface area contributed by atoms with Gasteiger partial charge >= 0.3 is 0 Å². The van der Waals surface area contributed by atoms with Crippen LogP contribution in [-0.4, -0.2) is 49.2 Å². The molecule has 0 saturated carbocycles. The molecule has 1 fully saturated rings. The summed E-state index contributed by atoms with van der Waals surface area (Å²) in [6.07, 6.45) is 2.22. The molecule has 0 aliphatic carbocycles. The van der Waals surface area contributed by atoms with E-state index in [1.54, 1.807) is 7.11 Å². The fraction of sp³-hybridized carbons (Fsp3) is 0.458. The van der Waals surface area contributed by atoms with Crippen molar-refractivity contribution in [3.8, 4) is 0 Å². The number of carbonyl (C=O) groups is 1. The minimum absolute atomic E-state index is 0. The van der Waals surface area contributed by atoms with Crippen LogP contribution in [0.25, 0.3) is 0 Å². The van der Waals surface area contributed by atoms with Gasteiger partial charge in [0.25, 0.3) is 0 Å². The Balaban J connectivity index is 0.00000300. The Kier molecular flexibility index (Phi) is 8.69. The van der Waals surface area contributed by atoms with Gasteiger partial charge in [-0.3, -0.25) is 4.79 Å². The molecule has 1 heterocycles. The normalized spacial score (nSPS) is 16.3. The van der Waals surface area contributed by atoms with Gasteiger partial charge in [0.15, 0.2) is 0 Å². The summed E-state index contributed by atoms with van der Waals surface area (Å²) < 4.78 is 5.67. The van der Waals surface area contributed by atoms with Crippen molar-refractivity contribution >= 4 is 24.0 Å². The number of hydrogen-bond acceptors (Lipinski definition) is 3. The lowest BCUT2D eigenvalue weighted by molar-refractivity contribution is -0.120. The molecule has 1 aliphatic heterocycles. The summed E-state index contributed by atoms with van der Waals surface area (Å²) in [5, 5.41) is 0. The molecule has 2 aromatic carbocycles. The van der Waals surface area contributed by atoms with Crippen LogP contribution in [0, 0.1) is 0 Å². The highest BCUT2D eigenvalue weighted by Crippen LogP contribution is 2.35. The minimum atomic E-state index is -0.312. The molecular weight excluding hydrogens is 384 g/mol. The number of hydrogen-bond donors (Lipinski definition) is 0. The third kappa shape index (κ3) is 5.59. The lowest BCUT2D eigenvalue weighted by Gasteiger charge is -2.49. The predicted molar refractivity (Wildman–Crippen MR) is 122 cm³/mol. The van der Waals surface area contributed by atoms with E-state index in [-0.39, 0.29) is 23.9 Å². The molecule has 4 nitrogen and oxygen atoms in total. The number of benzene rings is 2. The molecule has 158 valence electrons. The predicted octanol–water partition coefficient (Wildman–Crippen LogP) is 4.57. The van der Waals surface area contributed by atoms with Crippen LogP contribution in [0.3, 0.4) is 0 Å². The van der Waals surface area contributed by atoms with Crippen LogP contribution in [0.4, 0.5) is 5.69 Å². The second-order valence-electron chi connectivity index (χ2n) is 8.01. The van der Waals surface area contributed by atoms with Gasteiger partial charge in [0, 0.05) is 31.9 Å². The highest BCUT2D eigenvalue weighted by Gasteiger charge is 2.43. The van der Waals surface area contributed by atoms with Crippen LogP contribution < -0.4 is 4.90 Å². The van der Waals surface area contributed by atoms with Crippen LogP contribution >= 0.6 is 12.4 Å². The second kappa shape index (κ2) is 10.8. The molecule has 1 saturated heterocycles. The Morgan fingerprint density at radius 2 is 1.59 bits per heavy atom. The van der Waals surface area contributed by atoms with Crippen LogP contribution in [-0.2, 0) is 16.0 Å². The second-order valence-corrected chi connectivity index (χ2v) is 8.01. The van der Waals surface area contributed by atoms with Crippen molar-refractivity contribution in [2.75, 3.05) is 31.7 Å². The fourth-order valence-corrected chi connectivity index (χ4v) is 4.27. The third-order valence-corrected chi connectivity index (χ3v) is 5.81. The molecule has 0 atom stereocenters. The van der Waals surface area contributed by atoms with Gasteiger partial charge in [0.2, 0.25) is 5.91 Å². The van der Waals surface area contributed by atoms with E-state index in [2.05, 4.69) is 18.7 Å². The van der Waals surface area contributed by atoms with Gasteiger partial charge in [-0.1, -0.05) is 48.5 Å². The number of para-hydroxylation sites is 1. The summed E-state index contributed by atoms with van der Waals surface area (Å²) in [6, 6.07) is 20.6. The lowest BCUT2D eigenvalue weighted by Crippen LogP contribution is -2.61. The fourth-order valence-electron chi connectivity index (χ4n) is 4.27. The van der Waals surface area contributed by atoms with E-state index >= 15 is 0 Å². The quantitative estimate of drug-likeness (QED) is 0.662. The summed E-state index contributed by atoms with van der Waals surface area (Å²) in [7, 11) is 1.74. The van der Waals surface area contributed by atoms with E-state index in [4.69, 9.17) is 4.74 Å². The van der Waals surface area contributed by atoms with E-state index in [1.807, 2.05) is 65.6 Å². The van der Waals surface area contributed by atoms with E-state index in [0.717, 1.165) is 37.2 Å². The zero-order chi connectivity index (χ0) is 20.0. The zero-order valence-corrected chi connectivity index (χ0v) is 18.5. The van der Waals surface area contributed by atoms with Crippen molar-refractivity contribution in [3.63, 3.8) is 0 Å². The number of ether oxygens (including phenoxy) is 1. The van der Waals surface area contributed by atoms with Crippen LogP contribution in [0.15, 0.2) is 60.7 Å². The van der Waals surface area contributed by atoms with Gasteiger partial charge < -0.3 is 14.5 Å². The van der Waals surface area contributed by atoms with Gasteiger partial charge in [0.1, 0.15) is 0 Å². The van der Waals surface area contributed by atoms with Crippen molar-refractivity contribution in [3.05, 3.63) is 66.2 Å². The number of amides is 1. The first kappa shape index (κ1) is 23.4. The summed E-state index contributed by atoms with van der Waals surface area (Å²) in [6.45, 7) is 6.97. The largest absolute Gasteiger partial charge is 0.382 e. The SMILES string of the molecule is COCC1(N(C(=O)Cc2ccccc2)c2ccccc2)CCN(C(C)C)CC1.Cl. The van der Waals surface area contributed by atoms with Crippen LogP contribution in [0.2, 0.25) is 0 Å².